The molecule has 0 fully saturated rings. The first kappa shape index (κ1) is 17.0. The van der Waals surface area contributed by atoms with E-state index < -0.39 is 10.0 Å². The average Bonchev–Trinajstić information content (AvgIpc) is 2.38. The molecule has 0 aliphatic rings. The molecule has 6 heteroatoms. The summed E-state index contributed by atoms with van der Waals surface area (Å²) >= 11 is 9.20. The number of sulfonamides is 1. The van der Waals surface area contributed by atoms with Crippen LogP contribution in [-0.2, 0) is 15.9 Å². The first-order chi connectivity index (χ1) is 8.88. The van der Waals surface area contributed by atoms with Gasteiger partial charge in [-0.15, -0.1) is 11.6 Å². The van der Waals surface area contributed by atoms with Gasteiger partial charge in [0.05, 0.1) is 4.90 Å². The predicted molar refractivity (Wildman–Crippen MR) is 83.2 cm³/mol. The Hall–Kier alpha value is -0.100. The lowest BCUT2D eigenvalue weighted by atomic mass is 10.2. The molecule has 0 saturated carbocycles. The van der Waals surface area contributed by atoms with Gasteiger partial charge in [-0.3, -0.25) is 0 Å². The zero-order chi connectivity index (χ0) is 14.6. The molecule has 108 valence electrons. The summed E-state index contributed by atoms with van der Waals surface area (Å²) in [5.74, 6) is 0.302. The number of hydrogen-bond donors (Lipinski definition) is 0. The third-order valence-corrected chi connectivity index (χ3v) is 6.50. The van der Waals surface area contributed by atoms with Crippen LogP contribution in [0.5, 0.6) is 0 Å². The summed E-state index contributed by atoms with van der Waals surface area (Å²) in [6, 6.07) is 3.55. The summed E-state index contributed by atoms with van der Waals surface area (Å²) in [6.07, 6.45) is 0.791. The van der Waals surface area contributed by atoms with Gasteiger partial charge in [0.1, 0.15) is 0 Å². The molecule has 0 aromatic heterocycles. The Morgan fingerprint density at radius 3 is 2.42 bits per heavy atom. The molecule has 0 spiro atoms. The minimum absolute atomic E-state index is 0.302. The van der Waals surface area contributed by atoms with Gasteiger partial charge in [-0.2, -0.15) is 4.31 Å². The number of rotatable bonds is 6. The molecule has 3 nitrogen and oxygen atoms in total. The smallest absolute Gasteiger partial charge is 0.207 e. The third-order valence-electron chi connectivity index (χ3n) is 2.88. The van der Waals surface area contributed by atoms with Crippen LogP contribution >= 0.6 is 27.5 Å². The molecule has 1 aromatic rings. The van der Waals surface area contributed by atoms with Crippen LogP contribution in [0.4, 0.5) is 0 Å². The minimum atomic E-state index is -3.47. The largest absolute Gasteiger partial charge is 0.244 e. The van der Waals surface area contributed by atoms with Crippen molar-refractivity contribution in [2.24, 2.45) is 0 Å². The second-order valence-corrected chi connectivity index (χ2v) is 7.32. The van der Waals surface area contributed by atoms with Gasteiger partial charge in [0.25, 0.3) is 0 Å². The molecule has 1 aromatic carbocycles. The fraction of sp³-hybridized carbons (Fsp3) is 0.538. The average molecular weight is 369 g/mol. The van der Waals surface area contributed by atoms with Crippen LogP contribution in [0.15, 0.2) is 21.5 Å². The van der Waals surface area contributed by atoms with E-state index in [4.69, 9.17) is 11.6 Å². The third kappa shape index (κ3) is 3.72. The van der Waals surface area contributed by atoms with Gasteiger partial charge in [0, 0.05) is 23.4 Å². The van der Waals surface area contributed by atoms with Crippen molar-refractivity contribution in [2.45, 2.75) is 38.0 Å². The Labute approximate surface area is 129 Å². The van der Waals surface area contributed by atoms with E-state index in [1.54, 1.807) is 6.07 Å². The van der Waals surface area contributed by atoms with Crippen molar-refractivity contribution in [2.75, 3.05) is 13.1 Å². The predicted octanol–water partition coefficient (Wildman–Crippen LogP) is 3.92. The van der Waals surface area contributed by atoms with Gasteiger partial charge < -0.3 is 0 Å². The quantitative estimate of drug-likeness (QED) is 0.714. The summed E-state index contributed by atoms with van der Waals surface area (Å²) < 4.78 is 27.4. The molecule has 0 amide bonds. The lowest BCUT2D eigenvalue weighted by molar-refractivity contribution is 0.426. The van der Waals surface area contributed by atoms with Crippen LogP contribution < -0.4 is 0 Å². The summed E-state index contributed by atoms with van der Waals surface area (Å²) in [5.41, 5.74) is 1.69. The fourth-order valence-corrected chi connectivity index (χ4v) is 4.64. The van der Waals surface area contributed by atoms with Crippen molar-refractivity contribution in [1.82, 2.24) is 4.31 Å². The molecule has 0 radical (unpaired) electrons. The first-order valence-corrected chi connectivity index (χ1v) is 9.00. The molecule has 0 heterocycles. The van der Waals surface area contributed by atoms with Gasteiger partial charge >= 0.3 is 0 Å². The molecule has 0 N–H and O–H groups in total. The minimum Gasteiger partial charge on any atom is -0.207 e. The summed E-state index contributed by atoms with van der Waals surface area (Å²) in [5, 5.41) is 0. The van der Waals surface area contributed by atoms with Gasteiger partial charge in [-0.25, -0.2) is 8.42 Å². The molecule has 0 saturated heterocycles. The number of aryl methyl sites for hydroxylation is 1. The van der Waals surface area contributed by atoms with Crippen LogP contribution in [0.1, 0.15) is 31.4 Å². The zero-order valence-electron chi connectivity index (χ0n) is 11.4. The van der Waals surface area contributed by atoms with Crippen molar-refractivity contribution in [3.8, 4) is 0 Å². The van der Waals surface area contributed by atoms with Crippen molar-refractivity contribution in [3.63, 3.8) is 0 Å². The van der Waals surface area contributed by atoms with Gasteiger partial charge in [0.2, 0.25) is 10.0 Å². The van der Waals surface area contributed by atoms with E-state index in [0.717, 1.165) is 17.5 Å². The highest BCUT2D eigenvalue weighted by atomic mass is 79.9. The van der Waals surface area contributed by atoms with Crippen molar-refractivity contribution in [1.29, 1.82) is 0 Å². The summed E-state index contributed by atoms with van der Waals surface area (Å²) in [4.78, 5) is 0.304. The van der Waals surface area contributed by atoms with Gasteiger partial charge in [0.15, 0.2) is 0 Å². The van der Waals surface area contributed by atoms with Gasteiger partial charge in [-0.05, 0) is 46.5 Å². The van der Waals surface area contributed by atoms with Crippen molar-refractivity contribution >= 4 is 37.6 Å². The Kier molecular flexibility index (Phi) is 6.30. The van der Waals surface area contributed by atoms with E-state index in [-0.39, 0.29) is 0 Å². The second kappa shape index (κ2) is 7.07. The summed E-state index contributed by atoms with van der Waals surface area (Å²) in [7, 11) is -3.47. The molecule has 19 heavy (non-hydrogen) atoms. The highest BCUT2D eigenvalue weighted by Gasteiger charge is 2.25. The highest BCUT2D eigenvalue weighted by molar-refractivity contribution is 9.10. The van der Waals surface area contributed by atoms with E-state index in [9.17, 15) is 8.42 Å². The Bertz CT molecular complexity index is 546. The van der Waals surface area contributed by atoms with E-state index in [1.807, 2.05) is 26.8 Å². The number of alkyl halides is 1. The number of benzene rings is 1. The maximum atomic E-state index is 12.6. The van der Waals surface area contributed by atoms with E-state index in [2.05, 4.69) is 15.9 Å². The zero-order valence-corrected chi connectivity index (χ0v) is 14.6. The van der Waals surface area contributed by atoms with Crippen molar-refractivity contribution in [3.05, 3.63) is 27.7 Å². The molecule has 0 unspecified atom stereocenters. The fourth-order valence-electron chi connectivity index (χ4n) is 1.91. The monoisotopic (exact) mass is 367 g/mol. The van der Waals surface area contributed by atoms with E-state index >= 15 is 0 Å². The summed E-state index contributed by atoms with van der Waals surface area (Å²) in [6.45, 7) is 6.67. The number of nitrogens with zero attached hydrogens (tertiary/aromatic N) is 1. The number of halogens is 2. The second-order valence-electron chi connectivity index (χ2n) is 4.36. The van der Waals surface area contributed by atoms with Crippen LogP contribution in [0, 0.1) is 6.92 Å². The molecular weight excluding hydrogens is 350 g/mol. The topological polar surface area (TPSA) is 37.4 Å². The van der Waals surface area contributed by atoms with Crippen LogP contribution in [0.2, 0.25) is 0 Å². The maximum absolute atomic E-state index is 12.6. The van der Waals surface area contributed by atoms with Crippen LogP contribution in [0.25, 0.3) is 0 Å². The molecule has 0 aliphatic carbocycles. The van der Waals surface area contributed by atoms with Crippen LogP contribution in [-0.4, -0.2) is 25.8 Å². The van der Waals surface area contributed by atoms with E-state index in [0.29, 0.717) is 28.3 Å². The normalized spacial score (nSPS) is 12.1. The Morgan fingerprint density at radius 2 is 1.95 bits per heavy atom. The first-order valence-electron chi connectivity index (χ1n) is 6.23. The Balaban J connectivity index is 3.38. The van der Waals surface area contributed by atoms with Gasteiger partial charge in [-0.1, -0.05) is 19.9 Å². The lowest BCUT2D eigenvalue weighted by Crippen LogP contribution is -2.32. The SMILES string of the molecule is CCCN(CC)S(=O)(=O)c1cc(CCl)cc(C)c1Br. The molecule has 1 rings (SSSR count). The molecule has 0 atom stereocenters. The van der Waals surface area contributed by atoms with Crippen molar-refractivity contribution < 1.29 is 8.42 Å². The molecule has 0 aliphatic heterocycles. The number of hydrogen-bond acceptors (Lipinski definition) is 2. The lowest BCUT2D eigenvalue weighted by Gasteiger charge is -2.21. The van der Waals surface area contributed by atoms with Crippen LogP contribution in [0.3, 0.4) is 0 Å². The Morgan fingerprint density at radius 1 is 1.32 bits per heavy atom. The molecular formula is C13H19BrClNO2S. The highest BCUT2D eigenvalue weighted by Crippen LogP contribution is 2.30. The molecule has 0 bridgehead atoms. The standard InChI is InChI=1S/C13H19BrClNO2S/c1-4-6-16(5-2)19(17,18)12-8-11(9-15)7-10(3)13(12)14/h7-8H,4-6,9H2,1-3H3. The van der Waals surface area contributed by atoms with E-state index in [1.165, 1.54) is 4.31 Å². The maximum Gasteiger partial charge on any atom is 0.244 e.